The van der Waals surface area contributed by atoms with E-state index < -0.39 is 0 Å². The van der Waals surface area contributed by atoms with Gasteiger partial charge in [-0.15, -0.1) is 0 Å². The molecule has 1 aromatic rings. The molecule has 5 heteroatoms. The van der Waals surface area contributed by atoms with Gasteiger partial charge in [-0.2, -0.15) is 4.99 Å². The van der Waals surface area contributed by atoms with E-state index in [9.17, 15) is 4.79 Å². The van der Waals surface area contributed by atoms with Crippen LogP contribution in [0.2, 0.25) is 0 Å². The third-order valence-electron chi connectivity index (χ3n) is 4.22. The molecule has 1 aromatic carbocycles. The van der Waals surface area contributed by atoms with Gasteiger partial charge in [0.05, 0.1) is 5.92 Å². The lowest BCUT2D eigenvalue weighted by atomic mass is 9.78. The lowest BCUT2D eigenvalue weighted by Crippen LogP contribution is -2.30. The van der Waals surface area contributed by atoms with Gasteiger partial charge in [0.2, 0.25) is 0 Å². The summed E-state index contributed by atoms with van der Waals surface area (Å²) >= 11 is 3.49. The van der Waals surface area contributed by atoms with Crippen molar-refractivity contribution in [2.45, 2.75) is 12.3 Å². The first-order valence-corrected chi connectivity index (χ1v) is 7.43. The highest BCUT2D eigenvalue weighted by atomic mass is 79.9. The molecule has 20 heavy (non-hydrogen) atoms. The zero-order valence-electron chi connectivity index (χ0n) is 10.9. The third-order valence-corrected chi connectivity index (χ3v) is 4.71. The van der Waals surface area contributed by atoms with Crippen molar-refractivity contribution in [1.29, 1.82) is 0 Å². The fourth-order valence-electron chi connectivity index (χ4n) is 3.53. The maximum absolute atomic E-state index is 12.3. The number of nitrogens with zero attached hydrogens (tertiary/aromatic N) is 1. The Hall–Kier alpha value is -1.62. The third kappa shape index (κ3) is 2.26. The summed E-state index contributed by atoms with van der Waals surface area (Å²) in [5, 5.41) is 0. The molecule has 1 saturated carbocycles. The van der Waals surface area contributed by atoms with Gasteiger partial charge >= 0.3 is 0 Å². The Kier molecular flexibility index (Phi) is 3.38. The minimum absolute atomic E-state index is 0.151. The minimum Gasteiger partial charge on any atom is -0.370 e. The van der Waals surface area contributed by atoms with Crippen molar-refractivity contribution in [3.05, 3.63) is 46.5 Å². The molecule has 4 nitrogen and oxygen atoms in total. The smallest absolute Gasteiger partial charge is 0.253 e. The average Bonchev–Trinajstić information content (AvgIpc) is 2.97. The van der Waals surface area contributed by atoms with Crippen LogP contribution >= 0.6 is 15.9 Å². The lowest BCUT2D eigenvalue weighted by molar-refractivity contribution is -0.122. The van der Waals surface area contributed by atoms with Crippen LogP contribution in [-0.4, -0.2) is 11.9 Å². The van der Waals surface area contributed by atoms with Gasteiger partial charge in [-0.1, -0.05) is 40.2 Å². The highest BCUT2D eigenvalue weighted by Gasteiger charge is 2.48. The number of guanidine groups is 1. The molecule has 0 spiro atoms. The predicted molar refractivity (Wildman–Crippen MR) is 81.9 cm³/mol. The number of amides is 1. The molecule has 4 atom stereocenters. The van der Waals surface area contributed by atoms with Gasteiger partial charge in [0.15, 0.2) is 5.96 Å². The quantitative estimate of drug-likeness (QED) is 0.494. The van der Waals surface area contributed by atoms with Gasteiger partial charge in [-0.05, 0) is 36.0 Å². The van der Waals surface area contributed by atoms with Gasteiger partial charge < -0.3 is 11.5 Å². The van der Waals surface area contributed by atoms with Crippen molar-refractivity contribution in [3.8, 4) is 0 Å². The first-order valence-electron chi connectivity index (χ1n) is 6.63. The maximum Gasteiger partial charge on any atom is 0.253 e. The van der Waals surface area contributed by atoms with Crippen molar-refractivity contribution in [3.63, 3.8) is 0 Å². The molecule has 104 valence electrons. The van der Waals surface area contributed by atoms with E-state index >= 15 is 0 Å². The molecule has 2 aliphatic rings. The molecule has 2 aliphatic carbocycles. The van der Waals surface area contributed by atoms with Crippen molar-refractivity contribution < 1.29 is 4.79 Å². The number of nitrogens with two attached hydrogens (primary N) is 2. The van der Waals surface area contributed by atoms with E-state index in [1.165, 1.54) is 5.56 Å². The number of carbonyl (C=O) groups is 1. The number of hydrogen-bond acceptors (Lipinski definition) is 1. The second-order valence-electron chi connectivity index (χ2n) is 5.43. The van der Waals surface area contributed by atoms with E-state index in [2.05, 4.69) is 45.2 Å². The molecule has 4 N–H and O–H groups in total. The first-order chi connectivity index (χ1) is 9.56. The Bertz CT molecular complexity index is 607. The monoisotopic (exact) mass is 333 g/mol. The van der Waals surface area contributed by atoms with Crippen LogP contribution in [0.5, 0.6) is 0 Å². The van der Waals surface area contributed by atoms with Crippen LogP contribution in [-0.2, 0) is 4.79 Å². The predicted octanol–water partition coefficient (Wildman–Crippen LogP) is 2.15. The zero-order valence-corrected chi connectivity index (χ0v) is 12.5. The number of allylic oxidation sites excluding steroid dienone is 2. The van der Waals surface area contributed by atoms with E-state index in [4.69, 9.17) is 11.5 Å². The number of rotatable bonds is 2. The molecule has 0 aromatic heterocycles. The minimum atomic E-state index is -0.202. The fraction of sp³-hybridized carbons (Fsp3) is 0.333. The Labute approximate surface area is 126 Å². The summed E-state index contributed by atoms with van der Waals surface area (Å²) in [6.45, 7) is 0. The van der Waals surface area contributed by atoms with Gasteiger partial charge in [-0.25, -0.2) is 0 Å². The maximum atomic E-state index is 12.3. The summed E-state index contributed by atoms with van der Waals surface area (Å²) in [7, 11) is 0. The van der Waals surface area contributed by atoms with Gasteiger partial charge in [-0.3, -0.25) is 4.79 Å². The summed E-state index contributed by atoms with van der Waals surface area (Å²) in [6.07, 6.45) is 5.35. The van der Waals surface area contributed by atoms with E-state index in [0.29, 0.717) is 5.92 Å². The Morgan fingerprint density at radius 3 is 2.70 bits per heavy atom. The molecular formula is C15H16BrN3O. The van der Waals surface area contributed by atoms with E-state index in [-0.39, 0.29) is 29.6 Å². The SMILES string of the molecule is NC(N)=NC(=O)[C@H]1C2C=CC(C2)[C@@H]1c1cccc(Br)c1. The highest BCUT2D eigenvalue weighted by molar-refractivity contribution is 9.10. The summed E-state index contributed by atoms with van der Waals surface area (Å²) in [5.41, 5.74) is 11.9. The summed E-state index contributed by atoms with van der Waals surface area (Å²) in [5.74, 6) is 0.304. The number of benzene rings is 1. The number of fused-ring (bicyclic) bond motifs is 2. The number of hydrogen-bond donors (Lipinski definition) is 2. The second-order valence-corrected chi connectivity index (χ2v) is 6.35. The summed E-state index contributed by atoms with van der Waals surface area (Å²) in [4.78, 5) is 16.1. The van der Waals surface area contributed by atoms with E-state index in [1.807, 2.05) is 12.1 Å². The standard InChI is InChI=1S/C15H16BrN3O/c16-11-3-1-2-8(7-11)12-9-4-5-10(6-9)13(12)14(20)19-15(17)18/h1-5,7,9-10,12-13H,6H2,(H4,17,18,19,20)/t9?,10?,12-,13-/m0/s1. The molecule has 3 rings (SSSR count). The molecule has 1 amide bonds. The van der Waals surface area contributed by atoms with Crippen LogP contribution in [0.3, 0.4) is 0 Å². The first kappa shape index (κ1) is 13.4. The highest BCUT2D eigenvalue weighted by Crippen LogP contribution is 2.53. The molecule has 2 bridgehead atoms. The number of carbonyl (C=O) groups excluding carboxylic acids is 1. The fourth-order valence-corrected chi connectivity index (χ4v) is 3.95. The average molecular weight is 334 g/mol. The van der Waals surface area contributed by atoms with E-state index in [1.54, 1.807) is 0 Å². The molecule has 1 fully saturated rings. The summed E-state index contributed by atoms with van der Waals surface area (Å²) in [6, 6.07) is 8.13. The number of halogens is 1. The van der Waals surface area contributed by atoms with Gasteiger partial charge in [0, 0.05) is 10.4 Å². The Morgan fingerprint density at radius 1 is 1.25 bits per heavy atom. The molecule has 0 radical (unpaired) electrons. The van der Waals surface area contributed by atoms with Crippen LogP contribution in [0.4, 0.5) is 0 Å². The van der Waals surface area contributed by atoms with Gasteiger partial charge in [0.25, 0.3) is 5.91 Å². The van der Waals surface area contributed by atoms with Crippen molar-refractivity contribution in [2.75, 3.05) is 0 Å². The van der Waals surface area contributed by atoms with E-state index in [0.717, 1.165) is 10.9 Å². The lowest BCUT2D eigenvalue weighted by Gasteiger charge is -2.26. The Morgan fingerprint density at radius 2 is 2.00 bits per heavy atom. The van der Waals surface area contributed by atoms with Crippen LogP contribution < -0.4 is 11.5 Å². The molecule has 0 aliphatic heterocycles. The normalized spacial score (nSPS) is 30.4. The van der Waals surface area contributed by atoms with Gasteiger partial charge in [0.1, 0.15) is 0 Å². The Balaban J connectivity index is 1.98. The van der Waals surface area contributed by atoms with Crippen LogP contribution in [0.15, 0.2) is 45.9 Å². The van der Waals surface area contributed by atoms with Crippen LogP contribution in [0.25, 0.3) is 0 Å². The molecule has 2 unspecified atom stereocenters. The van der Waals surface area contributed by atoms with Crippen molar-refractivity contribution in [2.24, 2.45) is 34.2 Å². The number of aliphatic imine (C=N–C) groups is 1. The molecular weight excluding hydrogens is 318 g/mol. The topological polar surface area (TPSA) is 81.5 Å². The second kappa shape index (κ2) is 5.05. The largest absolute Gasteiger partial charge is 0.370 e. The molecule has 0 heterocycles. The molecule has 0 saturated heterocycles. The van der Waals surface area contributed by atoms with Crippen molar-refractivity contribution >= 4 is 27.8 Å². The zero-order chi connectivity index (χ0) is 14.3. The summed E-state index contributed by atoms with van der Waals surface area (Å²) < 4.78 is 1.02. The van der Waals surface area contributed by atoms with Crippen LogP contribution in [0, 0.1) is 17.8 Å². The van der Waals surface area contributed by atoms with Crippen molar-refractivity contribution in [1.82, 2.24) is 0 Å². The van der Waals surface area contributed by atoms with Crippen LogP contribution in [0.1, 0.15) is 17.9 Å².